The predicted molar refractivity (Wildman–Crippen MR) is 74.8 cm³/mol. The molecule has 0 bridgehead atoms. The van der Waals surface area contributed by atoms with E-state index in [-0.39, 0.29) is 12.4 Å². The zero-order valence-corrected chi connectivity index (χ0v) is 11.6. The lowest BCUT2D eigenvalue weighted by molar-refractivity contribution is 0.0925. The van der Waals surface area contributed by atoms with E-state index >= 15 is 0 Å². The number of ether oxygens (including phenoxy) is 1. The lowest BCUT2D eigenvalue weighted by Gasteiger charge is -2.11. The zero-order chi connectivity index (χ0) is 13.1. The van der Waals surface area contributed by atoms with Crippen molar-refractivity contribution in [1.29, 1.82) is 0 Å². The molecular weight excluding hydrogens is 244 g/mol. The highest BCUT2D eigenvalue weighted by molar-refractivity contribution is 7.12. The van der Waals surface area contributed by atoms with Gasteiger partial charge in [-0.3, -0.25) is 4.79 Å². The third-order valence-electron chi connectivity index (χ3n) is 2.92. The second-order valence-corrected chi connectivity index (χ2v) is 5.34. The van der Waals surface area contributed by atoms with Crippen LogP contribution in [0.5, 0.6) is 5.75 Å². The van der Waals surface area contributed by atoms with E-state index in [0.29, 0.717) is 0 Å². The molecule has 94 valence electrons. The number of carbonyl (C=O) groups excluding carboxylic acids is 1. The van der Waals surface area contributed by atoms with Gasteiger partial charge in [0, 0.05) is 0 Å². The Hall–Kier alpha value is -1.61. The van der Waals surface area contributed by atoms with Crippen LogP contribution in [0.25, 0.3) is 0 Å². The average molecular weight is 260 g/mol. The zero-order valence-electron chi connectivity index (χ0n) is 10.8. The maximum absolute atomic E-state index is 11.8. The summed E-state index contributed by atoms with van der Waals surface area (Å²) in [7, 11) is 0. The van der Waals surface area contributed by atoms with Crippen molar-refractivity contribution in [2.75, 3.05) is 6.61 Å². The van der Waals surface area contributed by atoms with Crippen LogP contribution in [0.4, 0.5) is 0 Å². The molecule has 2 rings (SSSR count). The van der Waals surface area contributed by atoms with Gasteiger partial charge in [0.05, 0.1) is 4.88 Å². The van der Waals surface area contributed by atoms with E-state index in [1.54, 1.807) is 0 Å². The van der Waals surface area contributed by atoms with E-state index in [2.05, 4.69) is 13.0 Å². The van der Waals surface area contributed by atoms with Crippen LogP contribution < -0.4 is 4.74 Å². The van der Waals surface area contributed by atoms with Crippen LogP contribution in [0.15, 0.2) is 29.6 Å². The topological polar surface area (TPSA) is 26.3 Å². The third-order valence-corrected chi connectivity index (χ3v) is 3.83. The number of thiophene rings is 1. The minimum atomic E-state index is 0.0311. The summed E-state index contributed by atoms with van der Waals surface area (Å²) in [5.74, 6) is 0.834. The molecule has 2 aromatic rings. The molecule has 1 heterocycles. The summed E-state index contributed by atoms with van der Waals surface area (Å²) in [6, 6.07) is 7.79. The van der Waals surface area contributed by atoms with Crippen LogP contribution in [0.3, 0.4) is 0 Å². The van der Waals surface area contributed by atoms with E-state index in [9.17, 15) is 4.79 Å². The highest BCUT2D eigenvalue weighted by atomic mass is 32.1. The van der Waals surface area contributed by atoms with Crippen LogP contribution in [-0.4, -0.2) is 12.4 Å². The molecule has 1 aromatic carbocycles. The standard InChI is InChI=1S/C15H16O2S/c1-10-7-11(2)12(3)14(8-10)17-9-13(16)15-5-4-6-18-15/h4-8H,9H2,1-3H3. The summed E-state index contributed by atoms with van der Waals surface area (Å²) >= 11 is 1.45. The second kappa shape index (κ2) is 5.36. The maximum atomic E-state index is 11.8. The first-order chi connectivity index (χ1) is 8.58. The molecule has 2 nitrogen and oxygen atoms in total. The van der Waals surface area contributed by atoms with Gasteiger partial charge in [-0.05, 0) is 55.0 Å². The molecule has 0 fully saturated rings. The average Bonchev–Trinajstić information content (AvgIpc) is 2.85. The van der Waals surface area contributed by atoms with E-state index < -0.39 is 0 Å². The normalized spacial score (nSPS) is 10.4. The van der Waals surface area contributed by atoms with Crippen molar-refractivity contribution < 1.29 is 9.53 Å². The van der Waals surface area contributed by atoms with Crippen molar-refractivity contribution >= 4 is 17.1 Å². The van der Waals surface area contributed by atoms with Crippen LogP contribution in [-0.2, 0) is 0 Å². The molecule has 0 spiro atoms. The van der Waals surface area contributed by atoms with Crippen molar-refractivity contribution in [1.82, 2.24) is 0 Å². The molecule has 0 radical (unpaired) electrons. The molecule has 0 aliphatic carbocycles. The Morgan fingerprint density at radius 2 is 2.06 bits per heavy atom. The summed E-state index contributed by atoms with van der Waals surface area (Å²) in [4.78, 5) is 12.6. The lowest BCUT2D eigenvalue weighted by Crippen LogP contribution is -2.11. The van der Waals surface area contributed by atoms with Crippen LogP contribution >= 0.6 is 11.3 Å². The van der Waals surface area contributed by atoms with Crippen molar-refractivity contribution in [3.05, 3.63) is 51.2 Å². The monoisotopic (exact) mass is 260 g/mol. The van der Waals surface area contributed by atoms with E-state index in [1.165, 1.54) is 16.9 Å². The molecule has 1 aromatic heterocycles. The van der Waals surface area contributed by atoms with Crippen molar-refractivity contribution in [2.45, 2.75) is 20.8 Å². The first-order valence-electron chi connectivity index (χ1n) is 5.85. The van der Waals surface area contributed by atoms with E-state index in [4.69, 9.17) is 4.74 Å². The van der Waals surface area contributed by atoms with Gasteiger partial charge < -0.3 is 4.74 Å². The number of Topliss-reactive ketones (excluding diaryl/α,β-unsaturated/α-hetero) is 1. The molecule has 0 saturated carbocycles. The van der Waals surface area contributed by atoms with Gasteiger partial charge >= 0.3 is 0 Å². The third kappa shape index (κ3) is 2.79. The smallest absolute Gasteiger partial charge is 0.210 e. The van der Waals surface area contributed by atoms with Crippen molar-refractivity contribution in [2.24, 2.45) is 0 Å². The fraction of sp³-hybridized carbons (Fsp3) is 0.267. The van der Waals surface area contributed by atoms with Crippen molar-refractivity contribution in [3.8, 4) is 5.75 Å². The molecule has 0 amide bonds. The second-order valence-electron chi connectivity index (χ2n) is 4.39. The van der Waals surface area contributed by atoms with Gasteiger partial charge in [-0.15, -0.1) is 11.3 Å². The number of rotatable bonds is 4. The fourth-order valence-electron chi connectivity index (χ4n) is 1.80. The molecule has 0 aliphatic rings. The Morgan fingerprint density at radius 3 is 2.72 bits per heavy atom. The number of benzene rings is 1. The first-order valence-corrected chi connectivity index (χ1v) is 6.73. The Labute approximate surface area is 111 Å². The van der Waals surface area contributed by atoms with Crippen LogP contribution in [0.2, 0.25) is 0 Å². The number of aryl methyl sites for hydroxylation is 2. The van der Waals surface area contributed by atoms with Crippen LogP contribution in [0.1, 0.15) is 26.4 Å². The molecular formula is C15H16O2S. The summed E-state index contributed by atoms with van der Waals surface area (Å²) in [5, 5.41) is 1.90. The summed E-state index contributed by atoms with van der Waals surface area (Å²) < 4.78 is 5.64. The van der Waals surface area contributed by atoms with E-state index in [1.807, 2.05) is 37.4 Å². The maximum Gasteiger partial charge on any atom is 0.210 e. The van der Waals surface area contributed by atoms with Gasteiger partial charge in [0.1, 0.15) is 5.75 Å². The number of ketones is 1. The lowest BCUT2D eigenvalue weighted by atomic mass is 10.1. The summed E-state index contributed by atoms with van der Waals surface area (Å²) in [5.41, 5.74) is 3.44. The first kappa shape index (κ1) is 12.8. The van der Waals surface area contributed by atoms with Crippen molar-refractivity contribution in [3.63, 3.8) is 0 Å². The number of hydrogen-bond acceptors (Lipinski definition) is 3. The Bertz CT molecular complexity index is 556. The van der Waals surface area contributed by atoms with Gasteiger partial charge in [0.2, 0.25) is 5.78 Å². The highest BCUT2D eigenvalue weighted by Crippen LogP contribution is 2.23. The fourth-order valence-corrected chi connectivity index (χ4v) is 2.45. The van der Waals surface area contributed by atoms with Gasteiger partial charge in [0.25, 0.3) is 0 Å². The molecule has 3 heteroatoms. The number of hydrogen-bond donors (Lipinski definition) is 0. The molecule has 0 N–H and O–H groups in total. The SMILES string of the molecule is Cc1cc(C)c(C)c(OCC(=O)c2cccs2)c1. The van der Waals surface area contributed by atoms with Gasteiger partial charge in [-0.25, -0.2) is 0 Å². The molecule has 0 aliphatic heterocycles. The summed E-state index contributed by atoms with van der Waals surface area (Å²) in [6.07, 6.45) is 0. The Balaban J connectivity index is 2.09. The summed E-state index contributed by atoms with van der Waals surface area (Å²) in [6.45, 7) is 6.20. The molecule has 18 heavy (non-hydrogen) atoms. The van der Waals surface area contributed by atoms with E-state index in [0.717, 1.165) is 21.8 Å². The molecule has 0 atom stereocenters. The quantitative estimate of drug-likeness (QED) is 0.778. The van der Waals surface area contributed by atoms with Gasteiger partial charge in [-0.2, -0.15) is 0 Å². The predicted octanol–water partition coefficient (Wildman–Crippen LogP) is 3.94. The largest absolute Gasteiger partial charge is 0.485 e. The molecule has 0 unspecified atom stereocenters. The van der Waals surface area contributed by atoms with Gasteiger partial charge in [-0.1, -0.05) is 12.1 Å². The van der Waals surface area contributed by atoms with Crippen LogP contribution in [0, 0.1) is 20.8 Å². The Morgan fingerprint density at radius 1 is 1.28 bits per heavy atom. The minimum absolute atomic E-state index is 0.0311. The highest BCUT2D eigenvalue weighted by Gasteiger charge is 2.10. The Kier molecular flexibility index (Phi) is 3.82. The number of carbonyl (C=O) groups is 1. The molecule has 0 saturated heterocycles. The van der Waals surface area contributed by atoms with Gasteiger partial charge in [0.15, 0.2) is 6.61 Å². The minimum Gasteiger partial charge on any atom is -0.485 e.